The van der Waals surface area contributed by atoms with Gasteiger partial charge in [0.05, 0.1) is 53.2 Å². The van der Waals surface area contributed by atoms with Crippen LogP contribution in [0.15, 0.2) is 66.9 Å². The van der Waals surface area contributed by atoms with Crippen LogP contribution in [-0.4, -0.2) is 44.2 Å². The van der Waals surface area contributed by atoms with E-state index < -0.39 is 17.3 Å². The van der Waals surface area contributed by atoms with Gasteiger partial charge >= 0.3 is 5.97 Å². The first kappa shape index (κ1) is 25.8. The van der Waals surface area contributed by atoms with E-state index in [1.54, 1.807) is 6.20 Å². The Kier molecular flexibility index (Phi) is 7.46. The summed E-state index contributed by atoms with van der Waals surface area (Å²) in [6.07, 6.45) is 2.44. The average molecular weight is 527 g/mol. The van der Waals surface area contributed by atoms with E-state index in [-0.39, 0.29) is 12.2 Å². The van der Waals surface area contributed by atoms with Crippen molar-refractivity contribution in [2.24, 2.45) is 5.73 Å². The molecular formula is C29H27FN6O3. The molecule has 0 radical (unpaired) electrons. The Morgan fingerprint density at radius 1 is 1.13 bits per heavy atom. The van der Waals surface area contributed by atoms with Crippen LogP contribution in [0.4, 0.5) is 10.1 Å². The van der Waals surface area contributed by atoms with Gasteiger partial charge in [-0.15, -0.1) is 0 Å². The smallest absolute Gasteiger partial charge is 0.338 e. The topological polar surface area (TPSA) is 139 Å². The lowest BCUT2D eigenvalue weighted by atomic mass is 10.1. The molecule has 2 aromatic carbocycles. The SMILES string of the molecule is Cc1cccc(-c2[nH]c(CNc3cccc(C(=O)O)c3F)nc2-c2ccc3ncc(OCCCN)cc3c2)n1. The van der Waals surface area contributed by atoms with Gasteiger partial charge in [-0.3, -0.25) is 9.97 Å². The summed E-state index contributed by atoms with van der Waals surface area (Å²) in [6, 6.07) is 17.7. The van der Waals surface area contributed by atoms with E-state index in [0.717, 1.165) is 28.6 Å². The van der Waals surface area contributed by atoms with Crippen molar-refractivity contribution in [3.05, 3.63) is 89.8 Å². The number of benzene rings is 2. The van der Waals surface area contributed by atoms with Crippen molar-refractivity contribution in [1.29, 1.82) is 0 Å². The van der Waals surface area contributed by atoms with Gasteiger partial charge in [-0.05, 0) is 62.4 Å². The van der Waals surface area contributed by atoms with E-state index in [0.29, 0.717) is 41.8 Å². The van der Waals surface area contributed by atoms with E-state index >= 15 is 0 Å². The molecule has 0 aliphatic carbocycles. The number of aromatic nitrogens is 4. The van der Waals surface area contributed by atoms with Crippen molar-refractivity contribution in [3.8, 4) is 28.4 Å². The summed E-state index contributed by atoms with van der Waals surface area (Å²) < 4.78 is 20.4. The third-order valence-corrected chi connectivity index (χ3v) is 6.12. The zero-order chi connectivity index (χ0) is 27.4. The van der Waals surface area contributed by atoms with Gasteiger partial charge in [-0.2, -0.15) is 0 Å². The molecule has 0 saturated carbocycles. The van der Waals surface area contributed by atoms with E-state index in [2.05, 4.69) is 20.3 Å². The van der Waals surface area contributed by atoms with Crippen molar-refractivity contribution in [2.45, 2.75) is 19.9 Å². The van der Waals surface area contributed by atoms with Gasteiger partial charge in [0.25, 0.3) is 0 Å². The van der Waals surface area contributed by atoms with Crippen LogP contribution in [0.1, 0.15) is 28.3 Å². The highest BCUT2D eigenvalue weighted by Gasteiger charge is 2.18. The second-order valence-electron chi connectivity index (χ2n) is 8.97. The van der Waals surface area contributed by atoms with Gasteiger partial charge in [0.15, 0.2) is 5.82 Å². The van der Waals surface area contributed by atoms with Gasteiger partial charge in [0, 0.05) is 16.6 Å². The molecule has 198 valence electrons. The molecular weight excluding hydrogens is 499 g/mol. The van der Waals surface area contributed by atoms with E-state index in [9.17, 15) is 14.3 Å². The summed E-state index contributed by atoms with van der Waals surface area (Å²) in [5.74, 6) is -0.974. The fourth-order valence-electron chi connectivity index (χ4n) is 4.21. The lowest BCUT2D eigenvalue weighted by Crippen LogP contribution is -2.07. The molecule has 0 unspecified atom stereocenters. The molecule has 3 heterocycles. The van der Waals surface area contributed by atoms with Crippen LogP contribution in [0.5, 0.6) is 5.75 Å². The third-order valence-electron chi connectivity index (χ3n) is 6.12. The van der Waals surface area contributed by atoms with Crippen LogP contribution < -0.4 is 15.8 Å². The third kappa shape index (κ3) is 5.70. The van der Waals surface area contributed by atoms with Gasteiger partial charge in [0.2, 0.25) is 0 Å². The highest BCUT2D eigenvalue weighted by Crippen LogP contribution is 2.32. The van der Waals surface area contributed by atoms with Crippen LogP contribution in [0.25, 0.3) is 33.5 Å². The Balaban J connectivity index is 1.51. The lowest BCUT2D eigenvalue weighted by Gasteiger charge is -2.08. The van der Waals surface area contributed by atoms with E-state index in [1.807, 2.05) is 49.4 Å². The summed E-state index contributed by atoms with van der Waals surface area (Å²) in [7, 11) is 0. The molecule has 0 spiro atoms. The number of hydrogen-bond donors (Lipinski definition) is 4. The molecule has 0 amide bonds. The molecule has 5 N–H and O–H groups in total. The number of pyridine rings is 2. The van der Waals surface area contributed by atoms with Crippen molar-refractivity contribution >= 4 is 22.6 Å². The first-order chi connectivity index (χ1) is 18.9. The van der Waals surface area contributed by atoms with Gasteiger partial charge in [0.1, 0.15) is 11.6 Å². The quantitative estimate of drug-likeness (QED) is 0.183. The number of H-pyrrole nitrogens is 1. The molecule has 0 fully saturated rings. The summed E-state index contributed by atoms with van der Waals surface area (Å²) in [5.41, 5.74) is 9.81. The molecule has 0 atom stereocenters. The molecule has 9 nitrogen and oxygen atoms in total. The number of imidazole rings is 1. The number of aryl methyl sites for hydroxylation is 1. The monoisotopic (exact) mass is 526 g/mol. The fraction of sp³-hybridized carbons (Fsp3) is 0.172. The maximum atomic E-state index is 14.7. The molecule has 39 heavy (non-hydrogen) atoms. The maximum absolute atomic E-state index is 14.7. The van der Waals surface area contributed by atoms with Crippen LogP contribution >= 0.6 is 0 Å². The number of anilines is 1. The normalized spacial score (nSPS) is 11.1. The number of rotatable bonds is 10. The van der Waals surface area contributed by atoms with Crippen molar-refractivity contribution in [1.82, 2.24) is 19.9 Å². The zero-order valence-corrected chi connectivity index (χ0v) is 21.2. The number of carboxylic acids is 1. The minimum atomic E-state index is -1.33. The minimum absolute atomic E-state index is 0.0713. The average Bonchev–Trinajstić information content (AvgIpc) is 3.36. The highest BCUT2D eigenvalue weighted by molar-refractivity contribution is 5.89. The maximum Gasteiger partial charge on any atom is 0.338 e. The second kappa shape index (κ2) is 11.3. The zero-order valence-electron chi connectivity index (χ0n) is 21.2. The molecule has 10 heteroatoms. The molecule has 5 aromatic rings. The minimum Gasteiger partial charge on any atom is -0.492 e. The number of ether oxygens (including phenoxy) is 1. The number of halogens is 1. The Labute approximate surface area is 223 Å². The number of carboxylic acid groups (broad SMARTS) is 1. The first-order valence-corrected chi connectivity index (χ1v) is 12.4. The molecule has 0 aliphatic rings. The Morgan fingerprint density at radius 2 is 1.97 bits per heavy atom. The summed E-state index contributed by atoms with van der Waals surface area (Å²) >= 11 is 0. The van der Waals surface area contributed by atoms with E-state index in [4.69, 9.17) is 15.5 Å². The molecule has 0 saturated heterocycles. The summed E-state index contributed by atoms with van der Waals surface area (Å²) in [5, 5.41) is 13.1. The van der Waals surface area contributed by atoms with Gasteiger partial charge < -0.3 is 25.9 Å². The van der Waals surface area contributed by atoms with Crippen molar-refractivity contribution in [2.75, 3.05) is 18.5 Å². The van der Waals surface area contributed by atoms with Crippen LogP contribution in [0, 0.1) is 12.7 Å². The first-order valence-electron chi connectivity index (χ1n) is 12.4. The Bertz CT molecular complexity index is 1650. The van der Waals surface area contributed by atoms with Crippen LogP contribution in [-0.2, 0) is 6.54 Å². The van der Waals surface area contributed by atoms with E-state index in [1.165, 1.54) is 18.2 Å². The Morgan fingerprint density at radius 3 is 2.77 bits per heavy atom. The second-order valence-corrected chi connectivity index (χ2v) is 8.97. The number of nitrogens with two attached hydrogens (primary N) is 1. The molecule has 5 rings (SSSR count). The predicted octanol–water partition coefficient (Wildman–Crippen LogP) is 5.17. The summed E-state index contributed by atoms with van der Waals surface area (Å²) in [4.78, 5) is 28.6. The fourth-order valence-corrected chi connectivity index (χ4v) is 4.21. The molecule has 0 bridgehead atoms. The predicted molar refractivity (Wildman–Crippen MR) is 147 cm³/mol. The Hall–Kier alpha value is -4.83. The number of aromatic carboxylic acids is 1. The number of carbonyl (C=O) groups is 1. The highest BCUT2D eigenvalue weighted by atomic mass is 19.1. The van der Waals surface area contributed by atoms with Crippen molar-refractivity contribution < 1.29 is 19.0 Å². The van der Waals surface area contributed by atoms with Crippen LogP contribution in [0.2, 0.25) is 0 Å². The van der Waals surface area contributed by atoms with Gasteiger partial charge in [-0.25, -0.2) is 14.2 Å². The number of hydrogen-bond acceptors (Lipinski definition) is 7. The number of aromatic amines is 1. The largest absolute Gasteiger partial charge is 0.492 e. The van der Waals surface area contributed by atoms with Crippen LogP contribution in [0.3, 0.4) is 0 Å². The number of nitrogens with zero attached hydrogens (tertiary/aromatic N) is 3. The number of nitrogens with one attached hydrogen (secondary N) is 2. The van der Waals surface area contributed by atoms with Gasteiger partial charge in [-0.1, -0.05) is 18.2 Å². The molecule has 3 aromatic heterocycles. The van der Waals surface area contributed by atoms with Crippen molar-refractivity contribution in [3.63, 3.8) is 0 Å². The lowest BCUT2D eigenvalue weighted by molar-refractivity contribution is 0.0692. The summed E-state index contributed by atoms with van der Waals surface area (Å²) in [6.45, 7) is 3.11. The number of fused-ring (bicyclic) bond motifs is 1. The molecule has 0 aliphatic heterocycles. The standard InChI is InChI=1S/C29H27FN6O3/c1-17-5-2-8-24(34-17)28-27(18-9-10-22-19(13-18)14-20(15-32-22)39-12-4-11-31)35-25(36-28)16-33-23-7-3-6-21(26(23)30)29(37)38/h2-3,5-10,13-15,33H,4,11-12,16,31H2,1H3,(H,35,36)(H,37,38).